The van der Waals surface area contributed by atoms with Crippen molar-refractivity contribution >= 4 is 24.5 Å². The van der Waals surface area contributed by atoms with Gasteiger partial charge in [0.25, 0.3) is 5.92 Å². The van der Waals surface area contributed by atoms with Crippen LogP contribution < -0.4 is 4.90 Å². The van der Waals surface area contributed by atoms with Gasteiger partial charge >= 0.3 is 7.05 Å². The van der Waals surface area contributed by atoms with Crippen LogP contribution in [0.25, 0.3) is 0 Å². The number of rotatable bonds is 6. The summed E-state index contributed by atoms with van der Waals surface area (Å²) < 4.78 is 28.9. The Balaban J connectivity index is 1.93. The number of aliphatic hydroxyl groups excluding tert-OH is 1. The van der Waals surface area contributed by atoms with Gasteiger partial charge in [-0.15, -0.1) is 16.8 Å². The van der Waals surface area contributed by atoms with Crippen LogP contribution in [-0.2, 0) is 6.61 Å². The van der Waals surface area contributed by atoms with Gasteiger partial charge in [-0.1, -0.05) is 17.7 Å². The van der Waals surface area contributed by atoms with E-state index >= 15 is 0 Å². The molecular weight excluding hydrogens is 364 g/mol. The van der Waals surface area contributed by atoms with Crippen molar-refractivity contribution in [2.45, 2.75) is 56.7 Å². The third-order valence-corrected chi connectivity index (χ3v) is 5.46. The van der Waals surface area contributed by atoms with Gasteiger partial charge in [-0.3, -0.25) is 0 Å². The van der Waals surface area contributed by atoms with Crippen LogP contribution in [0.2, 0.25) is 12.0 Å². The van der Waals surface area contributed by atoms with Crippen LogP contribution in [0.15, 0.2) is 18.7 Å². The lowest BCUT2D eigenvalue weighted by molar-refractivity contribution is -0.0283. The summed E-state index contributed by atoms with van der Waals surface area (Å²) in [4.78, 5) is 3.37. The highest BCUT2D eigenvalue weighted by molar-refractivity contribution is 6.45. The highest BCUT2D eigenvalue weighted by atomic mass is 35.5. The lowest BCUT2D eigenvalue weighted by Crippen LogP contribution is -2.57. The molecule has 3 atom stereocenters. The van der Waals surface area contributed by atoms with Crippen molar-refractivity contribution in [1.82, 2.24) is 15.0 Å². The molecule has 2 N–H and O–H groups in total. The summed E-state index contributed by atoms with van der Waals surface area (Å²) in [6.07, 6.45) is 2.04. The van der Waals surface area contributed by atoms with Crippen molar-refractivity contribution in [3.8, 4) is 0 Å². The number of anilines is 1. The van der Waals surface area contributed by atoms with E-state index in [1.165, 1.54) is 17.7 Å². The van der Waals surface area contributed by atoms with E-state index in [2.05, 4.69) is 16.8 Å². The van der Waals surface area contributed by atoms with Crippen LogP contribution in [-0.4, -0.2) is 62.8 Å². The first-order valence-electron chi connectivity index (χ1n) is 8.62. The van der Waals surface area contributed by atoms with Gasteiger partial charge in [0.2, 0.25) is 0 Å². The average molecular weight is 387 g/mol. The largest absolute Gasteiger partial charge is 0.437 e. The third kappa shape index (κ3) is 3.45. The molecule has 3 rings (SSSR count). The average Bonchev–Trinajstić information content (AvgIpc) is 2.74. The van der Waals surface area contributed by atoms with Crippen LogP contribution in [0.3, 0.4) is 0 Å². The molecule has 2 fully saturated rings. The molecule has 0 amide bonds. The maximum atomic E-state index is 14.5. The lowest BCUT2D eigenvalue weighted by atomic mass is 9.78. The quantitative estimate of drug-likeness (QED) is 0.575. The monoisotopic (exact) mass is 386 g/mol. The molecule has 0 spiro atoms. The maximum absolute atomic E-state index is 14.5. The summed E-state index contributed by atoms with van der Waals surface area (Å²) >= 11 is 5.85. The Hall–Kier alpha value is -1.29. The van der Waals surface area contributed by atoms with E-state index in [9.17, 15) is 18.9 Å². The molecule has 0 radical (unpaired) electrons. The maximum Gasteiger partial charge on any atom is 0.377 e. The number of fused-ring (bicyclic) bond motifs is 2. The number of aromatic nitrogens is 2. The minimum atomic E-state index is -2.85. The molecule has 0 saturated carbocycles. The number of hydrogen-bond acceptors (Lipinski definition) is 6. The van der Waals surface area contributed by atoms with Crippen LogP contribution in [0.4, 0.5) is 14.6 Å². The van der Waals surface area contributed by atoms with Gasteiger partial charge in [-0.25, -0.2) is 8.78 Å². The molecule has 26 heavy (non-hydrogen) atoms. The van der Waals surface area contributed by atoms with Gasteiger partial charge in [-0.05, 0) is 25.7 Å². The second-order valence-corrected chi connectivity index (χ2v) is 7.34. The zero-order valence-electron chi connectivity index (χ0n) is 14.5. The van der Waals surface area contributed by atoms with Crippen molar-refractivity contribution in [2.75, 3.05) is 11.4 Å². The Morgan fingerprint density at radius 3 is 2.81 bits per heavy atom. The number of alkyl halides is 2. The van der Waals surface area contributed by atoms with E-state index in [0.29, 0.717) is 24.3 Å². The minimum Gasteiger partial charge on any atom is -0.437 e. The zero-order valence-corrected chi connectivity index (χ0v) is 15.3. The summed E-state index contributed by atoms with van der Waals surface area (Å²) in [6.45, 7) is 5.37. The fourth-order valence-corrected chi connectivity index (χ4v) is 4.49. The van der Waals surface area contributed by atoms with Crippen molar-refractivity contribution in [2.24, 2.45) is 0 Å². The zero-order chi connectivity index (χ0) is 19.1. The highest BCUT2D eigenvalue weighted by Crippen LogP contribution is 2.47. The van der Waals surface area contributed by atoms with E-state index in [0.717, 1.165) is 0 Å². The Kier molecular flexibility index (Phi) is 5.53. The molecule has 142 valence electrons. The van der Waals surface area contributed by atoms with Gasteiger partial charge in [0.1, 0.15) is 0 Å². The molecule has 6 nitrogen and oxygen atoms in total. The van der Waals surface area contributed by atoms with Crippen LogP contribution in [0.5, 0.6) is 0 Å². The molecule has 2 aliphatic heterocycles. The molecule has 3 heterocycles. The summed E-state index contributed by atoms with van der Waals surface area (Å²) in [7, 11) is -0.921. The molecule has 2 aliphatic rings. The van der Waals surface area contributed by atoms with Crippen molar-refractivity contribution in [3.05, 3.63) is 29.4 Å². The van der Waals surface area contributed by atoms with Gasteiger partial charge in [0, 0.05) is 30.6 Å². The SMILES string of the molecule is C=CCN(c1nnc(Cl)cc1CO)[C@@H]1CC2CC(F)(F)C(C1)N2B(C)O. The number of halogens is 3. The first-order chi connectivity index (χ1) is 12.3. The molecule has 0 aliphatic carbocycles. The second-order valence-electron chi connectivity index (χ2n) is 6.95. The van der Waals surface area contributed by atoms with E-state index in [4.69, 9.17) is 11.6 Å². The summed E-state index contributed by atoms with van der Waals surface area (Å²) in [5, 5.41) is 27.7. The summed E-state index contributed by atoms with van der Waals surface area (Å²) in [5.74, 6) is -2.42. The molecule has 1 aromatic heterocycles. The summed E-state index contributed by atoms with van der Waals surface area (Å²) in [5.41, 5.74) is 0.490. The Morgan fingerprint density at radius 2 is 2.23 bits per heavy atom. The molecule has 2 bridgehead atoms. The fourth-order valence-electron chi connectivity index (χ4n) is 4.32. The Bertz CT molecular complexity index is 682. The van der Waals surface area contributed by atoms with Crippen molar-refractivity contribution in [1.29, 1.82) is 0 Å². The first-order valence-corrected chi connectivity index (χ1v) is 9.00. The van der Waals surface area contributed by atoms with Crippen LogP contribution in [0, 0.1) is 0 Å². The van der Waals surface area contributed by atoms with E-state index < -0.39 is 25.1 Å². The molecular formula is C16H22BClF2N4O2. The molecule has 0 aromatic carbocycles. The van der Waals surface area contributed by atoms with Crippen LogP contribution in [0.1, 0.15) is 24.8 Å². The minimum absolute atomic E-state index is 0.159. The molecule has 10 heteroatoms. The second kappa shape index (κ2) is 7.38. The van der Waals surface area contributed by atoms with Crippen LogP contribution >= 0.6 is 11.6 Å². The fraction of sp³-hybridized carbons (Fsp3) is 0.625. The third-order valence-electron chi connectivity index (χ3n) is 5.28. The van der Waals surface area contributed by atoms with Gasteiger partial charge < -0.3 is 19.8 Å². The first kappa shape index (κ1) is 19.5. The van der Waals surface area contributed by atoms with Gasteiger partial charge in [0.05, 0.1) is 12.6 Å². The normalized spacial score (nSPS) is 27.4. The smallest absolute Gasteiger partial charge is 0.377 e. The predicted molar refractivity (Wildman–Crippen MR) is 96.3 cm³/mol. The molecule has 2 saturated heterocycles. The number of aliphatic hydroxyl groups is 1. The Labute approximate surface area is 156 Å². The predicted octanol–water partition coefficient (Wildman–Crippen LogP) is 1.97. The standard InChI is InChI=1S/C16H22BClF2N4O2/c1-3-4-23(15-10(9-25)5-14(18)21-22-15)11-6-12-8-16(19,20)13(7-11)24(12)17(2)26/h3,5,11-13,25-26H,1,4,6-9H2,2H3/t11-,12?,13?/m1/s1. The topological polar surface area (TPSA) is 72.7 Å². The number of nitrogens with zero attached hydrogens (tertiary/aromatic N) is 4. The van der Waals surface area contributed by atoms with Gasteiger partial charge in [-0.2, -0.15) is 0 Å². The number of hydrogen-bond donors (Lipinski definition) is 2. The van der Waals surface area contributed by atoms with E-state index in [1.54, 1.807) is 6.08 Å². The van der Waals surface area contributed by atoms with E-state index in [-0.39, 0.29) is 30.6 Å². The molecule has 2 unspecified atom stereocenters. The highest BCUT2D eigenvalue weighted by Gasteiger charge is 2.59. The summed E-state index contributed by atoms with van der Waals surface area (Å²) in [6, 6.07) is -0.156. The van der Waals surface area contributed by atoms with Crippen molar-refractivity contribution < 1.29 is 18.9 Å². The number of piperidine rings is 1. The van der Waals surface area contributed by atoms with Gasteiger partial charge in [0.15, 0.2) is 11.0 Å². The Morgan fingerprint density at radius 1 is 1.50 bits per heavy atom. The molecule has 1 aromatic rings. The lowest BCUT2D eigenvalue weighted by Gasteiger charge is -2.44. The van der Waals surface area contributed by atoms with E-state index in [1.807, 2.05) is 4.90 Å². The van der Waals surface area contributed by atoms with Crippen molar-refractivity contribution in [3.63, 3.8) is 0 Å².